The van der Waals surface area contributed by atoms with Crippen LogP contribution >= 0.6 is 0 Å². The summed E-state index contributed by atoms with van der Waals surface area (Å²) in [7, 11) is 0. The van der Waals surface area contributed by atoms with Crippen molar-refractivity contribution in [2.24, 2.45) is 5.73 Å². The normalized spacial score (nSPS) is 12.6. The zero-order valence-corrected chi connectivity index (χ0v) is 11.8. The van der Waals surface area contributed by atoms with Gasteiger partial charge in [0.25, 0.3) is 0 Å². The second-order valence-electron chi connectivity index (χ2n) is 4.87. The highest BCUT2D eigenvalue weighted by Gasteiger charge is 2.14. The van der Waals surface area contributed by atoms with Crippen LogP contribution in [-0.4, -0.2) is 19.7 Å². The van der Waals surface area contributed by atoms with Crippen molar-refractivity contribution in [1.29, 1.82) is 0 Å². The van der Waals surface area contributed by atoms with Gasteiger partial charge in [-0.1, -0.05) is 6.92 Å². The summed E-state index contributed by atoms with van der Waals surface area (Å²) >= 11 is 0. The summed E-state index contributed by atoms with van der Waals surface area (Å²) in [6, 6.07) is 1.92. The lowest BCUT2D eigenvalue weighted by Crippen LogP contribution is -2.18. The van der Waals surface area contributed by atoms with E-state index < -0.39 is 0 Å². The van der Waals surface area contributed by atoms with E-state index >= 15 is 0 Å². The van der Waals surface area contributed by atoms with Gasteiger partial charge >= 0.3 is 0 Å². The Labute approximate surface area is 113 Å². The minimum Gasteiger partial charge on any atom is -0.335 e. The predicted molar refractivity (Wildman–Crippen MR) is 74.7 cm³/mol. The molecule has 5 heteroatoms. The van der Waals surface area contributed by atoms with E-state index in [4.69, 9.17) is 5.73 Å². The predicted octanol–water partition coefficient (Wildman–Crippen LogP) is 1.94. The third-order valence-electron chi connectivity index (χ3n) is 3.21. The van der Waals surface area contributed by atoms with Crippen LogP contribution in [0.1, 0.15) is 42.2 Å². The molecule has 2 aromatic heterocycles. The summed E-state index contributed by atoms with van der Waals surface area (Å²) in [5.41, 5.74) is 9.15. The molecule has 0 aliphatic heterocycles. The molecule has 0 radical (unpaired) electrons. The summed E-state index contributed by atoms with van der Waals surface area (Å²) in [5, 5.41) is 8.17. The van der Waals surface area contributed by atoms with E-state index in [9.17, 15) is 0 Å². The third kappa shape index (κ3) is 3.17. The van der Waals surface area contributed by atoms with Crippen LogP contribution in [0.4, 0.5) is 0 Å². The van der Waals surface area contributed by atoms with E-state index in [0.717, 1.165) is 42.2 Å². The van der Waals surface area contributed by atoms with E-state index in [1.54, 1.807) is 0 Å². The first kappa shape index (κ1) is 13.7. The fourth-order valence-electron chi connectivity index (χ4n) is 2.23. The Kier molecular flexibility index (Phi) is 4.27. The number of nitrogens with zero attached hydrogens (tertiary/aromatic N) is 4. The van der Waals surface area contributed by atoms with Crippen LogP contribution in [-0.2, 0) is 13.0 Å². The zero-order valence-electron chi connectivity index (χ0n) is 11.8. The number of hydrogen-bond donors (Lipinski definition) is 1. The molecule has 2 rings (SSSR count). The molecule has 0 fully saturated rings. The highest BCUT2D eigenvalue weighted by atomic mass is 15.1. The van der Waals surface area contributed by atoms with Gasteiger partial charge in [0.2, 0.25) is 0 Å². The molecule has 0 aliphatic rings. The number of aryl methyl sites for hydroxylation is 3. The highest BCUT2D eigenvalue weighted by Crippen LogP contribution is 2.18. The molecule has 0 saturated heterocycles. The van der Waals surface area contributed by atoms with Gasteiger partial charge in [0.15, 0.2) is 0 Å². The SMILES string of the molecule is CCCn1ccnc1CC(N)c1cc(C)nnc1C. The van der Waals surface area contributed by atoms with E-state index in [1.807, 2.05) is 32.3 Å². The molecular weight excluding hydrogens is 238 g/mol. The van der Waals surface area contributed by atoms with Gasteiger partial charge in [-0.15, -0.1) is 0 Å². The van der Waals surface area contributed by atoms with E-state index in [1.165, 1.54) is 0 Å². The van der Waals surface area contributed by atoms with E-state index in [2.05, 4.69) is 26.7 Å². The molecule has 0 aliphatic carbocycles. The minimum absolute atomic E-state index is 0.0905. The molecule has 1 atom stereocenters. The summed E-state index contributed by atoms with van der Waals surface area (Å²) < 4.78 is 2.16. The molecule has 0 bridgehead atoms. The second-order valence-corrected chi connectivity index (χ2v) is 4.87. The van der Waals surface area contributed by atoms with Gasteiger partial charge in [0.1, 0.15) is 5.82 Å². The molecule has 2 aromatic rings. The Balaban J connectivity index is 2.18. The standard InChI is InChI=1S/C14H21N5/c1-4-6-19-7-5-16-14(19)9-13(15)12-8-10(2)17-18-11(12)3/h5,7-8,13H,4,6,9,15H2,1-3H3. The van der Waals surface area contributed by atoms with Crippen LogP contribution in [0.25, 0.3) is 0 Å². The Morgan fingerprint density at radius 1 is 1.32 bits per heavy atom. The summed E-state index contributed by atoms with van der Waals surface area (Å²) in [6.07, 6.45) is 5.65. The fourth-order valence-corrected chi connectivity index (χ4v) is 2.23. The smallest absolute Gasteiger partial charge is 0.110 e. The first-order valence-corrected chi connectivity index (χ1v) is 6.68. The molecule has 2 heterocycles. The molecular formula is C14H21N5. The van der Waals surface area contributed by atoms with Gasteiger partial charge in [-0.3, -0.25) is 0 Å². The van der Waals surface area contributed by atoms with Crippen LogP contribution in [0.15, 0.2) is 18.5 Å². The Morgan fingerprint density at radius 3 is 2.84 bits per heavy atom. The molecule has 0 spiro atoms. The maximum atomic E-state index is 6.30. The minimum atomic E-state index is -0.0905. The van der Waals surface area contributed by atoms with Gasteiger partial charge in [-0.05, 0) is 31.9 Å². The second kappa shape index (κ2) is 5.93. The van der Waals surface area contributed by atoms with Crippen LogP contribution < -0.4 is 5.73 Å². The van der Waals surface area contributed by atoms with Crippen molar-refractivity contribution >= 4 is 0 Å². The van der Waals surface area contributed by atoms with Crippen molar-refractivity contribution in [3.63, 3.8) is 0 Å². The molecule has 1 unspecified atom stereocenters. The van der Waals surface area contributed by atoms with Gasteiger partial charge < -0.3 is 10.3 Å². The van der Waals surface area contributed by atoms with Crippen molar-refractivity contribution < 1.29 is 0 Å². The number of aromatic nitrogens is 4. The van der Waals surface area contributed by atoms with Crippen LogP contribution in [0.5, 0.6) is 0 Å². The average Bonchev–Trinajstić information content (AvgIpc) is 2.80. The summed E-state index contributed by atoms with van der Waals surface area (Å²) in [4.78, 5) is 4.40. The summed E-state index contributed by atoms with van der Waals surface area (Å²) in [5.74, 6) is 1.03. The van der Waals surface area contributed by atoms with Crippen molar-refractivity contribution in [2.45, 2.75) is 46.2 Å². The lowest BCUT2D eigenvalue weighted by atomic mass is 10.0. The largest absolute Gasteiger partial charge is 0.335 e. The van der Waals surface area contributed by atoms with Crippen molar-refractivity contribution in [3.8, 4) is 0 Å². The van der Waals surface area contributed by atoms with Crippen molar-refractivity contribution in [3.05, 3.63) is 41.2 Å². The Bertz CT molecular complexity index is 547. The molecule has 0 aromatic carbocycles. The van der Waals surface area contributed by atoms with Crippen LogP contribution in [0, 0.1) is 13.8 Å². The quantitative estimate of drug-likeness (QED) is 0.891. The topological polar surface area (TPSA) is 69.6 Å². The van der Waals surface area contributed by atoms with Gasteiger partial charge in [0.05, 0.1) is 11.4 Å². The molecule has 0 saturated carbocycles. The first-order chi connectivity index (χ1) is 9.11. The monoisotopic (exact) mass is 259 g/mol. The lowest BCUT2D eigenvalue weighted by Gasteiger charge is -2.15. The van der Waals surface area contributed by atoms with E-state index in [-0.39, 0.29) is 6.04 Å². The van der Waals surface area contributed by atoms with Crippen LogP contribution in [0.2, 0.25) is 0 Å². The Morgan fingerprint density at radius 2 is 2.11 bits per heavy atom. The average molecular weight is 259 g/mol. The molecule has 19 heavy (non-hydrogen) atoms. The van der Waals surface area contributed by atoms with Crippen LogP contribution in [0.3, 0.4) is 0 Å². The first-order valence-electron chi connectivity index (χ1n) is 6.68. The van der Waals surface area contributed by atoms with Crippen molar-refractivity contribution in [2.75, 3.05) is 0 Å². The molecule has 102 valence electrons. The number of hydrogen-bond acceptors (Lipinski definition) is 4. The fraction of sp³-hybridized carbons (Fsp3) is 0.500. The molecule has 2 N–H and O–H groups in total. The number of nitrogens with two attached hydrogens (primary N) is 1. The molecule has 0 amide bonds. The number of rotatable bonds is 5. The lowest BCUT2D eigenvalue weighted by molar-refractivity contribution is 0.594. The van der Waals surface area contributed by atoms with Crippen molar-refractivity contribution in [1.82, 2.24) is 19.7 Å². The number of imidazole rings is 1. The van der Waals surface area contributed by atoms with Gasteiger partial charge in [0, 0.05) is 31.4 Å². The van der Waals surface area contributed by atoms with Gasteiger partial charge in [-0.25, -0.2) is 4.98 Å². The maximum Gasteiger partial charge on any atom is 0.110 e. The highest BCUT2D eigenvalue weighted by molar-refractivity contribution is 5.24. The summed E-state index contributed by atoms with van der Waals surface area (Å²) in [6.45, 7) is 7.01. The Hall–Kier alpha value is -1.75. The maximum absolute atomic E-state index is 6.30. The zero-order chi connectivity index (χ0) is 13.8. The van der Waals surface area contributed by atoms with E-state index in [0.29, 0.717) is 0 Å². The third-order valence-corrected chi connectivity index (χ3v) is 3.21. The molecule has 5 nitrogen and oxygen atoms in total. The van der Waals surface area contributed by atoms with Gasteiger partial charge in [-0.2, -0.15) is 10.2 Å².